The van der Waals surface area contributed by atoms with Crippen LogP contribution in [0.5, 0.6) is 5.75 Å². The number of amides is 1. The number of methoxy groups -OCH3 is 1. The largest absolute Gasteiger partial charge is 0.497 e. The van der Waals surface area contributed by atoms with Crippen LogP contribution in [0, 0.1) is 10.1 Å². The van der Waals surface area contributed by atoms with E-state index in [1.165, 1.54) is 35.6 Å². The first-order chi connectivity index (χ1) is 15.5. The number of carbonyl (C=O) groups is 1. The minimum atomic E-state index is -0.536. The van der Waals surface area contributed by atoms with Gasteiger partial charge in [0.05, 0.1) is 22.6 Å². The van der Waals surface area contributed by atoms with Crippen LogP contribution in [0.15, 0.2) is 83.9 Å². The van der Waals surface area contributed by atoms with Crippen molar-refractivity contribution >= 4 is 22.9 Å². The summed E-state index contributed by atoms with van der Waals surface area (Å²) in [4.78, 5) is 29.1. The maximum Gasteiger partial charge on any atom is 0.279 e. The van der Waals surface area contributed by atoms with Gasteiger partial charge in [-0.3, -0.25) is 14.9 Å². The molecule has 8 heteroatoms. The summed E-state index contributed by atoms with van der Waals surface area (Å²) in [5.41, 5.74) is 2.88. The molecule has 0 saturated carbocycles. The molecule has 0 aliphatic rings. The Bertz CT molecular complexity index is 1360. The van der Waals surface area contributed by atoms with Crippen LogP contribution in [0.25, 0.3) is 21.7 Å². The lowest BCUT2D eigenvalue weighted by Crippen LogP contribution is -2.14. The molecule has 0 N–H and O–H groups in total. The quantitative estimate of drug-likeness (QED) is 0.317. The number of non-ortho nitro benzene ring substituents is 1. The standard InChI is InChI=1S/C24H19N3O4S/c1-26-21(16-11-13-20(31-2)14-12-16)22(17-7-4-3-5-8-17)32-24(26)25-23(28)18-9-6-10-19(15-18)27(29)30/h3-15H,1-2H3. The fourth-order valence-corrected chi connectivity index (χ4v) is 4.46. The number of hydrogen-bond donors (Lipinski definition) is 0. The fraction of sp³-hybridized carbons (Fsp3) is 0.0833. The molecule has 32 heavy (non-hydrogen) atoms. The first-order valence-electron chi connectivity index (χ1n) is 9.71. The minimum absolute atomic E-state index is 0.148. The van der Waals surface area contributed by atoms with Crippen molar-refractivity contribution in [3.63, 3.8) is 0 Å². The number of nitrogens with zero attached hydrogens (tertiary/aromatic N) is 3. The third kappa shape index (κ3) is 4.21. The SMILES string of the molecule is COc1ccc(-c2c(-c3ccccc3)sc(=NC(=O)c3cccc([N+](=O)[O-])c3)n2C)cc1. The smallest absolute Gasteiger partial charge is 0.279 e. The van der Waals surface area contributed by atoms with Gasteiger partial charge in [-0.15, -0.1) is 0 Å². The summed E-state index contributed by atoms with van der Waals surface area (Å²) in [5, 5.41) is 11.0. The first-order valence-corrected chi connectivity index (χ1v) is 10.5. The molecule has 0 unspecified atom stereocenters. The molecule has 4 rings (SSSR count). The van der Waals surface area contributed by atoms with Crippen molar-refractivity contribution in [1.82, 2.24) is 4.57 Å². The normalized spacial score (nSPS) is 11.4. The summed E-state index contributed by atoms with van der Waals surface area (Å²) >= 11 is 1.39. The lowest BCUT2D eigenvalue weighted by atomic mass is 10.1. The predicted molar refractivity (Wildman–Crippen MR) is 124 cm³/mol. The molecule has 3 aromatic carbocycles. The Morgan fingerprint density at radius 3 is 2.38 bits per heavy atom. The molecule has 0 atom stereocenters. The van der Waals surface area contributed by atoms with Gasteiger partial charge in [-0.05, 0) is 41.5 Å². The molecule has 0 fully saturated rings. The molecule has 7 nitrogen and oxygen atoms in total. The van der Waals surface area contributed by atoms with Gasteiger partial charge < -0.3 is 9.30 Å². The lowest BCUT2D eigenvalue weighted by molar-refractivity contribution is -0.384. The fourth-order valence-electron chi connectivity index (χ4n) is 3.32. The van der Waals surface area contributed by atoms with Crippen molar-refractivity contribution in [3.8, 4) is 27.4 Å². The van der Waals surface area contributed by atoms with Crippen molar-refractivity contribution in [1.29, 1.82) is 0 Å². The number of hydrogen-bond acceptors (Lipinski definition) is 5. The Balaban J connectivity index is 1.86. The van der Waals surface area contributed by atoms with Gasteiger partial charge in [0.2, 0.25) is 0 Å². The molecule has 0 saturated heterocycles. The van der Waals surface area contributed by atoms with Crippen LogP contribution in [-0.4, -0.2) is 22.5 Å². The summed E-state index contributed by atoms with van der Waals surface area (Å²) in [6.07, 6.45) is 0. The zero-order valence-electron chi connectivity index (χ0n) is 17.4. The summed E-state index contributed by atoms with van der Waals surface area (Å²) in [6, 6.07) is 23.1. The Morgan fingerprint density at radius 1 is 1.00 bits per heavy atom. The molecule has 1 amide bonds. The number of nitro benzene ring substituents is 1. The van der Waals surface area contributed by atoms with E-state index in [1.807, 2.05) is 66.2 Å². The third-order valence-corrected chi connectivity index (χ3v) is 6.11. The predicted octanol–water partition coefficient (Wildman–Crippen LogP) is 5.08. The van der Waals surface area contributed by atoms with E-state index in [0.29, 0.717) is 4.80 Å². The maximum absolute atomic E-state index is 12.8. The van der Waals surface area contributed by atoms with E-state index >= 15 is 0 Å². The number of aromatic nitrogens is 1. The van der Waals surface area contributed by atoms with E-state index in [4.69, 9.17) is 4.74 Å². The maximum atomic E-state index is 12.8. The topological polar surface area (TPSA) is 86.7 Å². The highest BCUT2D eigenvalue weighted by atomic mass is 32.1. The minimum Gasteiger partial charge on any atom is -0.497 e. The molecule has 1 heterocycles. The van der Waals surface area contributed by atoms with Crippen LogP contribution in [-0.2, 0) is 7.05 Å². The number of rotatable bonds is 5. The summed E-state index contributed by atoms with van der Waals surface area (Å²) in [6.45, 7) is 0. The second-order valence-electron chi connectivity index (χ2n) is 6.94. The van der Waals surface area contributed by atoms with Crippen molar-refractivity contribution in [3.05, 3.63) is 99.3 Å². The van der Waals surface area contributed by atoms with Crippen molar-refractivity contribution in [2.75, 3.05) is 7.11 Å². The molecule has 0 aliphatic heterocycles. The Labute approximate surface area is 188 Å². The second kappa shape index (κ2) is 8.99. The molecule has 0 radical (unpaired) electrons. The van der Waals surface area contributed by atoms with Crippen LogP contribution in [0.4, 0.5) is 5.69 Å². The molecular formula is C24H19N3O4S. The van der Waals surface area contributed by atoms with Crippen molar-refractivity contribution in [2.24, 2.45) is 12.0 Å². The molecule has 160 valence electrons. The highest BCUT2D eigenvalue weighted by Crippen LogP contribution is 2.34. The van der Waals surface area contributed by atoms with Gasteiger partial charge in [-0.25, -0.2) is 0 Å². The van der Waals surface area contributed by atoms with E-state index in [0.717, 1.165) is 27.4 Å². The van der Waals surface area contributed by atoms with E-state index < -0.39 is 10.8 Å². The van der Waals surface area contributed by atoms with E-state index in [-0.39, 0.29) is 11.3 Å². The van der Waals surface area contributed by atoms with Gasteiger partial charge in [0.25, 0.3) is 11.6 Å². The van der Waals surface area contributed by atoms with Gasteiger partial charge in [-0.1, -0.05) is 47.7 Å². The van der Waals surface area contributed by atoms with Crippen LogP contribution in [0.1, 0.15) is 10.4 Å². The van der Waals surface area contributed by atoms with E-state index in [1.54, 1.807) is 7.11 Å². The van der Waals surface area contributed by atoms with E-state index in [9.17, 15) is 14.9 Å². The zero-order valence-corrected chi connectivity index (χ0v) is 18.2. The van der Waals surface area contributed by atoms with Gasteiger partial charge in [-0.2, -0.15) is 4.99 Å². The van der Waals surface area contributed by atoms with Gasteiger partial charge >= 0.3 is 0 Å². The lowest BCUT2D eigenvalue weighted by Gasteiger charge is -2.08. The number of ether oxygens (including phenoxy) is 1. The van der Waals surface area contributed by atoms with Gasteiger partial charge in [0.15, 0.2) is 4.80 Å². The Morgan fingerprint density at radius 2 is 1.72 bits per heavy atom. The highest BCUT2D eigenvalue weighted by Gasteiger charge is 2.17. The average Bonchev–Trinajstić information content (AvgIpc) is 3.15. The Kier molecular flexibility index (Phi) is 5.96. The summed E-state index contributed by atoms with van der Waals surface area (Å²) < 4.78 is 7.13. The average molecular weight is 446 g/mol. The van der Waals surface area contributed by atoms with Crippen LogP contribution >= 0.6 is 11.3 Å². The summed E-state index contributed by atoms with van der Waals surface area (Å²) in [5.74, 6) is 0.213. The third-order valence-electron chi connectivity index (χ3n) is 4.93. The van der Waals surface area contributed by atoms with Crippen molar-refractivity contribution < 1.29 is 14.5 Å². The number of nitro groups is 1. The Hall–Kier alpha value is -4.04. The summed E-state index contributed by atoms with van der Waals surface area (Å²) in [7, 11) is 3.47. The zero-order chi connectivity index (χ0) is 22.7. The van der Waals surface area contributed by atoms with E-state index in [2.05, 4.69) is 4.99 Å². The first kappa shape index (κ1) is 21.2. The molecule has 0 spiro atoms. The van der Waals surface area contributed by atoms with Gasteiger partial charge in [0, 0.05) is 24.7 Å². The monoisotopic (exact) mass is 445 g/mol. The molecular weight excluding hydrogens is 426 g/mol. The molecule has 4 aromatic rings. The number of carbonyl (C=O) groups excluding carboxylic acids is 1. The molecule has 1 aromatic heterocycles. The van der Waals surface area contributed by atoms with Crippen LogP contribution < -0.4 is 9.54 Å². The van der Waals surface area contributed by atoms with Crippen LogP contribution in [0.3, 0.4) is 0 Å². The molecule has 0 aliphatic carbocycles. The highest BCUT2D eigenvalue weighted by molar-refractivity contribution is 7.13. The van der Waals surface area contributed by atoms with Crippen molar-refractivity contribution in [2.45, 2.75) is 0 Å². The van der Waals surface area contributed by atoms with Gasteiger partial charge in [0.1, 0.15) is 5.75 Å². The second-order valence-corrected chi connectivity index (χ2v) is 7.92. The molecule has 0 bridgehead atoms. The van der Waals surface area contributed by atoms with Crippen LogP contribution in [0.2, 0.25) is 0 Å². The number of thiazole rings is 1. The number of benzene rings is 3.